The van der Waals surface area contributed by atoms with Crippen LogP contribution in [0.2, 0.25) is 0 Å². The summed E-state index contributed by atoms with van der Waals surface area (Å²) in [6.07, 6.45) is 12.7. The number of hydrogen-bond donors (Lipinski definition) is 0. The number of hydrogen-bond acceptors (Lipinski definition) is 0. The van der Waals surface area contributed by atoms with E-state index in [2.05, 4.69) is 19.1 Å². The highest BCUT2D eigenvalue weighted by molar-refractivity contribution is 5.26. The Labute approximate surface area is 75.4 Å². The van der Waals surface area contributed by atoms with Crippen LogP contribution in [0, 0.1) is 12.8 Å². The zero-order valence-electron chi connectivity index (χ0n) is 7.68. The zero-order valence-corrected chi connectivity index (χ0v) is 7.68. The van der Waals surface area contributed by atoms with Crippen LogP contribution in [0.3, 0.4) is 0 Å². The molecule has 0 amide bonds. The molecule has 2 rings (SSSR count). The smallest absolute Gasteiger partial charge is 0.000723 e. The minimum atomic E-state index is 0.523. The van der Waals surface area contributed by atoms with Crippen LogP contribution in [0.15, 0.2) is 23.3 Å². The summed E-state index contributed by atoms with van der Waals surface area (Å²) in [7, 11) is 0. The third kappa shape index (κ3) is 1.48. The molecule has 12 heavy (non-hydrogen) atoms. The summed E-state index contributed by atoms with van der Waals surface area (Å²) in [5.41, 5.74) is 3.20. The fourth-order valence-corrected chi connectivity index (χ4v) is 2.26. The second-order valence-corrected chi connectivity index (χ2v) is 3.90. The predicted octanol–water partition coefficient (Wildman–Crippen LogP) is 3.66. The van der Waals surface area contributed by atoms with Gasteiger partial charge in [-0.15, -0.1) is 0 Å². The molecule has 0 bridgehead atoms. The third-order valence-electron chi connectivity index (χ3n) is 3.05. The fourth-order valence-electron chi connectivity index (χ4n) is 2.26. The van der Waals surface area contributed by atoms with Gasteiger partial charge in [-0.25, -0.2) is 0 Å². The van der Waals surface area contributed by atoms with E-state index >= 15 is 0 Å². The first kappa shape index (κ1) is 8.10. The highest BCUT2D eigenvalue weighted by Crippen LogP contribution is 2.34. The molecule has 0 aromatic heterocycles. The average molecular weight is 161 g/mol. The van der Waals surface area contributed by atoms with E-state index < -0.39 is 0 Å². The summed E-state index contributed by atoms with van der Waals surface area (Å²) < 4.78 is 0. The van der Waals surface area contributed by atoms with E-state index in [4.69, 9.17) is 0 Å². The molecule has 0 aromatic rings. The SMILES string of the molecule is [CH2]C(C1=CCCC1)C1=CCCC1. The highest BCUT2D eigenvalue weighted by Gasteiger charge is 2.18. The molecule has 0 N–H and O–H groups in total. The van der Waals surface area contributed by atoms with Gasteiger partial charge in [0.05, 0.1) is 0 Å². The maximum absolute atomic E-state index is 4.27. The molecule has 0 atom stereocenters. The van der Waals surface area contributed by atoms with Gasteiger partial charge in [-0.1, -0.05) is 23.3 Å². The molecule has 0 spiro atoms. The van der Waals surface area contributed by atoms with E-state index in [1.165, 1.54) is 38.5 Å². The summed E-state index contributed by atoms with van der Waals surface area (Å²) in [4.78, 5) is 0. The molecule has 0 fully saturated rings. The Balaban J connectivity index is 2.03. The quantitative estimate of drug-likeness (QED) is 0.542. The molecule has 0 saturated heterocycles. The van der Waals surface area contributed by atoms with Crippen LogP contribution in [0.1, 0.15) is 38.5 Å². The summed E-state index contributed by atoms with van der Waals surface area (Å²) in [6.45, 7) is 4.27. The van der Waals surface area contributed by atoms with E-state index in [-0.39, 0.29) is 0 Å². The summed E-state index contributed by atoms with van der Waals surface area (Å²) in [5.74, 6) is 0.523. The topological polar surface area (TPSA) is 0 Å². The third-order valence-corrected chi connectivity index (χ3v) is 3.05. The van der Waals surface area contributed by atoms with Crippen molar-refractivity contribution in [3.63, 3.8) is 0 Å². The lowest BCUT2D eigenvalue weighted by Gasteiger charge is -2.13. The first-order valence-corrected chi connectivity index (χ1v) is 5.09. The van der Waals surface area contributed by atoms with Gasteiger partial charge in [0.1, 0.15) is 0 Å². The summed E-state index contributed by atoms with van der Waals surface area (Å²) in [5, 5.41) is 0. The number of allylic oxidation sites excluding steroid dienone is 4. The normalized spacial score (nSPS) is 23.2. The molecule has 0 heterocycles. The lowest BCUT2D eigenvalue weighted by Crippen LogP contribution is -2.00. The Morgan fingerprint density at radius 1 is 1.00 bits per heavy atom. The van der Waals surface area contributed by atoms with Crippen LogP contribution in [0.25, 0.3) is 0 Å². The zero-order chi connectivity index (χ0) is 8.39. The summed E-state index contributed by atoms with van der Waals surface area (Å²) >= 11 is 0. The molecule has 2 aliphatic carbocycles. The molecular weight excluding hydrogens is 144 g/mol. The van der Waals surface area contributed by atoms with Gasteiger partial charge in [-0.3, -0.25) is 0 Å². The molecule has 0 heteroatoms. The van der Waals surface area contributed by atoms with E-state index in [0.717, 1.165) is 0 Å². The van der Waals surface area contributed by atoms with Gasteiger partial charge < -0.3 is 0 Å². The van der Waals surface area contributed by atoms with Gasteiger partial charge in [0, 0.05) is 5.92 Å². The van der Waals surface area contributed by atoms with Gasteiger partial charge in [0.15, 0.2) is 0 Å². The van der Waals surface area contributed by atoms with Crippen molar-refractivity contribution in [2.75, 3.05) is 0 Å². The minimum Gasteiger partial charge on any atom is -0.0847 e. The lowest BCUT2D eigenvalue weighted by atomic mass is 9.92. The fraction of sp³-hybridized carbons (Fsp3) is 0.583. The van der Waals surface area contributed by atoms with Crippen molar-refractivity contribution in [1.29, 1.82) is 0 Å². The van der Waals surface area contributed by atoms with Crippen molar-refractivity contribution in [3.8, 4) is 0 Å². The monoisotopic (exact) mass is 161 g/mol. The van der Waals surface area contributed by atoms with Crippen molar-refractivity contribution in [3.05, 3.63) is 30.2 Å². The average Bonchev–Trinajstić information content (AvgIpc) is 2.77. The van der Waals surface area contributed by atoms with Gasteiger partial charge in [-0.2, -0.15) is 0 Å². The molecule has 0 nitrogen and oxygen atoms in total. The van der Waals surface area contributed by atoms with Gasteiger partial charge in [-0.05, 0) is 45.4 Å². The van der Waals surface area contributed by atoms with Crippen molar-refractivity contribution >= 4 is 0 Å². The summed E-state index contributed by atoms with van der Waals surface area (Å²) in [6, 6.07) is 0. The largest absolute Gasteiger partial charge is 0.0847 e. The Morgan fingerprint density at radius 3 is 1.83 bits per heavy atom. The highest BCUT2D eigenvalue weighted by atomic mass is 14.2. The van der Waals surface area contributed by atoms with Crippen LogP contribution >= 0.6 is 0 Å². The molecule has 2 aliphatic rings. The van der Waals surface area contributed by atoms with Gasteiger partial charge >= 0.3 is 0 Å². The van der Waals surface area contributed by atoms with Crippen LogP contribution in [-0.4, -0.2) is 0 Å². The van der Waals surface area contributed by atoms with Gasteiger partial charge in [0.25, 0.3) is 0 Å². The van der Waals surface area contributed by atoms with Crippen LogP contribution in [-0.2, 0) is 0 Å². The first-order chi connectivity index (χ1) is 5.88. The molecule has 0 aliphatic heterocycles. The van der Waals surface area contributed by atoms with Crippen LogP contribution in [0.4, 0.5) is 0 Å². The Kier molecular flexibility index (Phi) is 2.34. The Bertz CT molecular complexity index is 196. The van der Waals surface area contributed by atoms with Crippen molar-refractivity contribution in [1.82, 2.24) is 0 Å². The van der Waals surface area contributed by atoms with E-state index in [1.54, 1.807) is 11.1 Å². The van der Waals surface area contributed by atoms with E-state index in [9.17, 15) is 0 Å². The van der Waals surface area contributed by atoms with E-state index in [0.29, 0.717) is 5.92 Å². The second-order valence-electron chi connectivity index (χ2n) is 3.90. The molecule has 1 radical (unpaired) electrons. The van der Waals surface area contributed by atoms with Crippen molar-refractivity contribution in [2.24, 2.45) is 5.92 Å². The Morgan fingerprint density at radius 2 is 1.50 bits per heavy atom. The van der Waals surface area contributed by atoms with Crippen LogP contribution in [0.5, 0.6) is 0 Å². The molecule has 0 saturated carbocycles. The van der Waals surface area contributed by atoms with Gasteiger partial charge in [0.2, 0.25) is 0 Å². The first-order valence-electron chi connectivity index (χ1n) is 5.09. The van der Waals surface area contributed by atoms with Crippen molar-refractivity contribution < 1.29 is 0 Å². The number of rotatable bonds is 2. The maximum atomic E-state index is 4.27. The minimum absolute atomic E-state index is 0.523. The maximum Gasteiger partial charge on any atom is 0.000723 e. The second kappa shape index (κ2) is 3.47. The molecular formula is C12H17. The molecule has 0 aromatic carbocycles. The van der Waals surface area contributed by atoms with Crippen LogP contribution < -0.4 is 0 Å². The lowest BCUT2D eigenvalue weighted by molar-refractivity contribution is 0.769. The molecule has 0 unspecified atom stereocenters. The predicted molar refractivity (Wildman–Crippen MR) is 52.7 cm³/mol. The van der Waals surface area contributed by atoms with E-state index in [1.807, 2.05) is 0 Å². The standard InChI is InChI=1S/C12H17/c1-10(11-6-2-3-7-11)12-8-4-5-9-12/h6,8,10H,1-5,7,9H2. The molecule has 65 valence electrons. The Hall–Kier alpha value is -0.520. The van der Waals surface area contributed by atoms with Crippen molar-refractivity contribution in [2.45, 2.75) is 38.5 Å².